The number of rotatable bonds is 2. The highest BCUT2D eigenvalue weighted by Crippen LogP contribution is 2.27. The minimum absolute atomic E-state index is 0.0952. The summed E-state index contributed by atoms with van der Waals surface area (Å²) in [6, 6.07) is 9.88. The Bertz CT molecular complexity index is 888. The molecule has 0 fully saturated rings. The van der Waals surface area contributed by atoms with E-state index in [4.69, 9.17) is 0 Å². The van der Waals surface area contributed by atoms with E-state index in [2.05, 4.69) is 26.8 Å². The number of hydrogen-bond donors (Lipinski definition) is 0. The Kier molecular flexibility index (Phi) is 4.32. The molecule has 3 aromatic rings. The first-order valence-electron chi connectivity index (χ1n) is 8.43. The summed E-state index contributed by atoms with van der Waals surface area (Å²) in [5, 5.41) is 4.18. The summed E-state index contributed by atoms with van der Waals surface area (Å²) in [7, 11) is 0. The number of fused-ring (bicyclic) bond motifs is 1. The van der Waals surface area contributed by atoms with Gasteiger partial charge in [-0.2, -0.15) is 11.3 Å². The fourth-order valence-corrected chi connectivity index (χ4v) is 3.90. The molecule has 2 aromatic heterocycles. The summed E-state index contributed by atoms with van der Waals surface area (Å²) in [4.78, 5) is 23.7. The molecule has 4 rings (SSSR count). The molecule has 0 aliphatic carbocycles. The molecule has 0 radical (unpaired) electrons. The summed E-state index contributed by atoms with van der Waals surface area (Å²) in [6.45, 7) is 3.42. The lowest BCUT2D eigenvalue weighted by Crippen LogP contribution is -2.33. The maximum Gasteiger partial charge on any atom is 0.253 e. The number of thiophene rings is 1. The lowest BCUT2D eigenvalue weighted by Gasteiger charge is -2.20. The van der Waals surface area contributed by atoms with Crippen LogP contribution in [0.25, 0.3) is 11.3 Å². The highest BCUT2D eigenvalue weighted by molar-refractivity contribution is 7.08. The van der Waals surface area contributed by atoms with Gasteiger partial charge in [-0.1, -0.05) is 17.7 Å². The van der Waals surface area contributed by atoms with Crippen LogP contribution in [0.2, 0.25) is 0 Å². The zero-order valence-corrected chi connectivity index (χ0v) is 14.9. The van der Waals surface area contributed by atoms with Crippen LogP contribution in [0.3, 0.4) is 0 Å². The van der Waals surface area contributed by atoms with Gasteiger partial charge >= 0.3 is 0 Å². The molecule has 1 aliphatic heterocycles. The first kappa shape index (κ1) is 16.0. The van der Waals surface area contributed by atoms with Gasteiger partial charge in [0.2, 0.25) is 0 Å². The third kappa shape index (κ3) is 3.20. The molecule has 0 saturated carbocycles. The molecule has 0 saturated heterocycles. The van der Waals surface area contributed by atoms with Gasteiger partial charge in [-0.05, 0) is 36.9 Å². The summed E-state index contributed by atoms with van der Waals surface area (Å²) >= 11 is 1.67. The Hall–Kier alpha value is -2.53. The van der Waals surface area contributed by atoms with E-state index in [1.165, 1.54) is 5.56 Å². The second-order valence-corrected chi connectivity index (χ2v) is 7.10. The smallest absolute Gasteiger partial charge is 0.253 e. The number of aryl methyl sites for hydroxylation is 1. The van der Waals surface area contributed by atoms with Gasteiger partial charge in [-0.15, -0.1) is 0 Å². The number of nitrogens with zero attached hydrogens (tertiary/aromatic N) is 3. The van der Waals surface area contributed by atoms with Crippen molar-refractivity contribution in [3.05, 3.63) is 69.8 Å². The van der Waals surface area contributed by atoms with Gasteiger partial charge in [-0.25, -0.2) is 9.97 Å². The molecule has 1 aromatic carbocycles. The molecule has 4 nitrogen and oxygen atoms in total. The molecule has 1 aliphatic rings. The number of benzene rings is 1. The predicted molar refractivity (Wildman–Crippen MR) is 99.8 cm³/mol. The van der Waals surface area contributed by atoms with Crippen molar-refractivity contribution in [1.82, 2.24) is 14.9 Å². The van der Waals surface area contributed by atoms with Crippen LogP contribution in [0.4, 0.5) is 0 Å². The highest BCUT2D eigenvalue weighted by atomic mass is 32.1. The fraction of sp³-hybridized carbons (Fsp3) is 0.250. The predicted octanol–water partition coefficient (Wildman–Crippen LogP) is 3.75. The molecule has 0 bridgehead atoms. The fourth-order valence-electron chi connectivity index (χ4n) is 3.26. The second kappa shape index (κ2) is 6.76. The molecule has 0 atom stereocenters. The summed E-state index contributed by atoms with van der Waals surface area (Å²) in [5.74, 6) is 0.0952. The molecule has 0 unspecified atom stereocenters. The third-order valence-electron chi connectivity index (χ3n) is 4.67. The van der Waals surface area contributed by atoms with Gasteiger partial charge in [-0.3, -0.25) is 4.79 Å². The van der Waals surface area contributed by atoms with Crippen molar-refractivity contribution in [2.24, 2.45) is 0 Å². The van der Waals surface area contributed by atoms with Gasteiger partial charge in [0.25, 0.3) is 5.91 Å². The topological polar surface area (TPSA) is 46.1 Å². The average molecular weight is 349 g/mol. The van der Waals surface area contributed by atoms with Crippen LogP contribution in [0.1, 0.15) is 27.2 Å². The minimum Gasteiger partial charge on any atom is -0.338 e. The van der Waals surface area contributed by atoms with Gasteiger partial charge in [0.05, 0.1) is 5.69 Å². The van der Waals surface area contributed by atoms with Crippen molar-refractivity contribution >= 4 is 17.2 Å². The first-order chi connectivity index (χ1) is 12.2. The maximum absolute atomic E-state index is 12.8. The van der Waals surface area contributed by atoms with E-state index in [9.17, 15) is 4.79 Å². The van der Waals surface area contributed by atoms with Gasteiger partial charge in [0, 0.05) is 47.3 Å². The summed E-state index contributed by atoms with van der Waals surface area (Å²) in [5.41, 5.74) is 6.31. The molecule has 0 spiro atoms. The van der Waals surface area contributed by atoms with Crippen LogP contribution in [-0.4, -0.2) is 33.9 Å². The SMILES string of the molecule is Cc1ccc(C(=O)N2CCc3ncnc(-c4ccsc4)c3CC2)cc1. The van der Waals surface area contributed by atoms with Gasteiger partial charge < -0.3 is 4.90 Å². The zero-order chi connectivity index (χ0) is 17.2. The molecule has 25 heavy (non-hydrogen) atoms. The number of amides is 1. The van der Waals surface area contributed by atoms with Crippen LogP contribution in [0.15, 0.2) is 47.4 Å². The maximum atomic E-state index is 12.8. The van der Waals surface area contributed by atoms with Crippen LogP contribution in [0.5, 0.6) is 0 Å². The Balaban J connectivity index is 1.59. The van der Waals surface area contributed by atoms with E-state index in [-0.39, 0.29) is 5.91 Å². The van der Waals surface area contributed by atoms with Gasteiger partial charge in [0.1, 0.15) is 6.33 Å². The van der Waals surface area contributed by atoms with Crippen molar-refractivity contribution in [2.45, 2.75) is 19.8 Å². The van der Waals surface area contributed by atoms with Crippen LogP contribution >= 0.6 is 11.3 Å². The molecular formula is C20H19N3OS. The number of carbonyl (C=O) groups is 1. The van der Waals surface area contributed by atoms with Crippen LogP contribution in [-0.2, 0) is 12.8 Å². The first-order valence-corrected chi connectivity index (χ1v) is 9.38. The Morgan fingerprint density at radius 3 is 2.64 bits per heavy atom. The quantitative estimate of drug-likeness (QED) is 0.708. The molecule has 3 heterocycles. The van der Waals surface area contributed by atoms with E-state index in [0.717, 1.165) is 40.9 Å². The second-order valence-electron chi connectivity index (χ2n) is 6.32. The van der Waals surface area contributed by atoms with Crippen LogP contribution < -0.4 is 0 Å². The number of hydrogen-bond acceptors (Lipinski definition) is 4. The van der Waals surface area contributed by atoms with E-state index in [0.29, 0.717) is 13.1 Å². The average Bonchev–Trinajstić information content (AvgIpc) is 3.08. The third-order valence-corrected chi connectivity index (χ3v) is 5.35. The minimum atomic E-state index is 0.0952. The van der Waals surface area contributed by atoms with E-state index >= 15 is 0 Å². The largest absolute Gasteiger partial charge is 0.338 e. The Morgan fingerprint density at radius 1 is 1.08 bits per heavy atom. The summed E-state index contributed by atoms with van der Waals surface area (Å²) < 4.78 is 0. The van der Waals surface area contributed by atoms with Crippen molar-refractivity contribution in [3.8, 4) is 11.3 Å². The van der Waals surface area contributed by atoms with E-state index in [1.54, 1.807) is 17.7 Å². The number of carbonyl (C=O) groups excluding carboxylic acids is 1. The Labute approximate surface area is 151 Å². The van der Waals surface area contributed by atoms with Crippen molar-refractivity contribution < 1.29 is 4.79 Å². The molecule has 0 N–H and O–H groups in total. The van der Waals surface area contributed by atoms with Gasteiger partial charge in [0.15, 0.2) is 0 Å². The zero-order valence-electron chi connectivity index (χ0n) is 14.1. The van der Waals surface area contributed by atoms with Crippen molar-refractivity contribution in [3.63, 3.8) is 0 Å². The van der Waals surface area contributed by atoms with Crippen molar-refractivity contribution in [2.75, 3.05) is 13.1 Å². The summed E-state index contributed by atoms with van der Waals surface area (Å²) in [6.07, 6.45) is 3.20. The normalized spacial score (nSPS) is 14.0. The van der Waals surface area contributed by atoms with E-state index in [1.807, 2.05) is 36.1 Å². The standard InChI is InChI=1S/C20H19N3OS/c1-14-2-4-15(5-3-14)20(24)23-9-6-17-18(7-10-23)21-13-22-19(17)16-8-11-25-12-16/h2-5,8,11-13H,6-7,9-10H2,1H3. The van der Waals surface area contributed by atoms with E-state index < -0.39 is 0 Å². The molecule has 5 heteroatoms. The number of aromatic nitrogens is 2. The van der Waals surface area contributed by atoms with Crippen molar-refractivity contribution in [1.29, 1.82) is 0 Å². The molecule has 1 amide bonds. The lowest BCUT2D eigenvalue weighted by atomic mass is 10.0. The monoisotopic (exact) mass is 349 g/mol. The lowest BCUT2D eigenvalue weighted by molar-refractivity contribution is 0.0763. The molecular weight excluding hydrogens is 330 g/mol. The molecule has 126 valence electrons. The van der Waals surface area contributed by atoms with Crippen LogP contribution in [0, 0.1) is 6.92 Å². The highest BCUT2D eigenvalue weighted by Gasteiger charge is 2.23. The Morgan fingerprint density at radius 2 is 1.88 bits per heavy atom.